The molecule has 4 aliphatic rings. The summed E-state index contributed by atoms with van der Waals surface area (Å²) in [5.74, 6) is 2.19. The van der Waals surface area contributed by atoms with Gasteiger partial charge in [0.05, 0.1) is 5.60 Å². The Balaban J connectivity index is 1.61. The predicted octanol–water partition coefficient (Wildman–Crippen LogP) is 8.33. The number of allylic oxidation sites excluding steroid dienone is 2. The van der Waals surface area contributed by atoms with Gasteiger partial charge < -0.3 is 10.5 Å². The summed E-state index contributed by atoms with van der Waals surface area (Å²) in [7, 11) is 0. The van der Waals surface area contributed by atoms with Crippen molar-refractivity contribution in [1.82, 2.24) is 0 Å². The van der Waals surface area contributed by atoms with Crippen LogP contribution in [0.2, 0.25) is 0 Å². The monoisotopic (exact) mass is 441 g/mol. The Hall–Kier alpha value is -0.630. The molecule has 0 radical (unpaired) electrons. The third-order valence-electron chi connectivity index (χ3n) is 11.8. The van der Waals surface area contributed by atoms with Crippen LogP contribution in [0.4, 0.5) is 0 Å². The summed E-state index contributed by atoms with van der Waals surface area (Å²) in [5, 5.41) is 18.8. The minimum absolute atomic E-state index is 0.0559. The topological polar surface area (TPSA) is 44.1 Å². The molecule has 0 spiro atoms. The van der Waals surface area contributed by atoms with Gasteiger partial charge >= 0.3 is 0 Å². The molecule has 0 saturated heterocycles. The lowest BCUT2D eigenvalue weighted by Gasteiger charge is -2.61. The number of hydrogen-bond donors (Lipinski definition) is 2. The van der Waals surface area contributed by atoms with E-state index in [1.807, 2.05) is 25.0 Å². The second kappa shape index (κ2) is 7.69. The Morgan fingerprint density at radius 1 is 0.969 bits per heavy atom. The van der Waals surface area contributed by atoms with Crippen LogP contribution in [-0.2, 0) is 0 Å². The van der Waals surface area contributed by atoms with Crippen molar-refractivity contribution < 1.29 is 5.11 Å². The van der Waals surface area contributed by atoms with E-state index in [0.29, 0.717) is 22.2 Å². The van der Waals surface area contributed by atoms with Gasteiger partial charge in [-0.3, -0.25) is 0 Å². The summed E-state index contributed by atoms with van der Waals surface area (Å²) in [4.78, 5) is 0. The molecule has 0 aromatic rings. The van der Waals surface area contributed by atoms with Gasteiger partial charge in [0.25, 0.3) is 0 Å². The fourth-order valence-electron chi connectivity index (χ4n) is 9.53. The fourth-order valence-corrected chi connectivity index (χ4v) is 9.53. The molecule has 0 aromatic carbocycles. The van der Waals surface area contributed by atoms with E-state index in [4.69, 9.17) is 5.41 Å². The number of nitrogens with one attached hydrogen (secondary N) is 1. The lowest BCUT2D eigenvalue weighted by molar-refractivity contribution is 0.00824. The normalized spacial score (nSPS) is 42.3. The molecule has 6 atom stereocenters. The first-order valence-corrected chi connectivity index (χ1v) is 13.7. The largest absolute Gasteiger partial charge is 0.390 e. The van der Waals surface area contributed by atoms with Gasteiger partial charge in [0.2, 0.25) is 0 Å². The lowest BCUT2D eigenvalue weighted by atomic mass is 9.43. The maximum atomic E-state index is 10.2. The van der Waals surface area contributed by atoms with Crippen LogP contribution < -0.4 is 0 Å². The summed E-state index contributed by atoms with van der Waals surface area (Å²) < 4.78 is 0. The Bertz CT molecular complexity index is 800. The van der Waals surface area contributed by atoms with Crippen LogP contribution in [0.25, 0.3) is 0 Å². The summed E-state index contributed by atoms with van der Waals surface area (Å²) in [6.07, 6.45) is 13.4. The SMILES string of the molecule is C[C@H](CCCC(C)(C)O)[C@H]1CC[C@@]2(C)C3=C(CC[C@]12C)[C@@]1(C)CCC(=N)C(C)(C)[C@@H]1CC3. The minimum Gasteiger partial charge on any atom is -0.390 e. The molecule has 2 fully saturated rings. The molecule has 4 aliphatic carbocycles. The van der Waals surface area contributed by atoms with Crippen molar-refractivity contribution in [1.29, 1.82) is 5.41 Å². The quantitative estimate of drug-likeness (QED) is 0.414. The van der Waals surface area contributed by atoms with Crippen LogP contribution in [0.5, 0.6) is 0 Å². The van der Waals surface area contributed by atoms with E-state index in [1.54, 1.807) is 0 Å². The molecule has 2 nitrogen and oxygen atoms in total. The highest BCUT2D eigenvalue weighted by molar-refractivity contribution is 5.88. The van der Waals surface area contributed by atoms with E-state index >= 15 is 0 Å². The highest BCUT2D eigenvalue weighted by atomic mass is 16.3. The average Bonchev–Trinajstić information content (AvgIpc) is 2.96. The van der Waals surface area contributed by atoms with Gasteiger partial charge in [0.15, 0.2) is 0 Å². The van der Waals surface area contributed by atoms with E-state index in [1.165, 1.54) is 51.4 Å². The number of aliphatic hydroxyl groups is 1. The van der Waals surface area contributed by atoms with Crippen molar-refractivity contribution in [2.45, 2.75) is 132 Å². The molecule has 32 heavy (non-hydrogen) atoms. The standard InChI is InChI=1S/C30H51NO/c1-20(10-9-16-26(2,3)32)21-13-18-30(8)23-11-12-24-27(4,5)25(31)15-17-28(24,6)22(23)14-19-29(21,30)7/h20-21,24,31-32H,9-19H2,1-8H3/t20-,21-,24+,28-,29-,30+/m1/s1. The summed E-state index contributed by atoms with van der Waals surface area (Å²) >= 11 is 0. The van der Waals surface area contributed by atoms with E-state index in [9.17, 15) is 5.11 Å². The molecule has 2 saturated carbocycles. The first kappa shape index (κ1) is 24.5. The molecule has 182 valence electrons. The Kier molecular flexibility index (Phi) is 5.89. The van der Waals surface area contributed by atoms with Gasteiger partial charge in [0, 0.05) is 11.1 Å². The van der Waals surface area contributed by atoms with Gasteiger partial charge in [-0.15, -0.1) is 0 Å². The molecule has 0 aromatic heterocycles. The maximum absolute atomic E-state index is 10.2. The summed E-state index contributed by atoms with van der Waals surface area (Å²) in [6.45, 7) is 19.0. The third-order valence-corrected chi connectivity index (χ3v) is 11.8. The fraction of sp³-hybridized carbons (Fsp3) is 0.900. The van der Waals surface area contributed by atoms with Gasteiger partial charge in [0.1, 0.15) is 0 Å². The van der Waals surface area contributed by atoms with Crippen LogP contribution in [0.15, 0.2) is 11.1 Å². The zero-order valence-electron chi connectivity index (χ0n) is 22.5. The Morgan fingerprint density at radius 3 is 2.31 bits per heavy atom. The first-order chi connectivity index (χ1) is 14.7. The van der Waals surface area contributed by atoms with Crippen LogP contribution in [0.1, 0.15) is 126 Å². The van der Waals surface area contributed by atoms with Crippen LogP contribution in [-0.4, -0.2) is 16.4 Å². The molecule has 0 bridgehead atoms. The van der Waals surface area contributed by atoms with Crippen molar-refractivity contribution in [2.24, 2.45) is 39.4 Å². The molecular formula is C30H51NO. The van der Waals surface area contributed by atoms with Crippen LogP contribution in [0.3, 0.4) is 0 Å². The van der Waals surface area contributed by atoms with Crippen molar-refractivity contribution >= 4 is 5.71 Å². The number of rotatable bonds is 5. The van der Waals surface area contributed by atoms with Crippen molar-refractivity contribution in [2.75, 3.05) is 0 Å². The molecule has 0 heterocycles. The Labute approximate surface area is 198 Å². The second-order valence-corrected chi connectivity index (χ2v) is 14.2. The molecule has 2 N–H and O–H groups in total. The smallest absolute Gasteiger partial charge is 0.0591 e. The predicted molar refractivity (Wildman–Crippen MR) is 136 cm³/mol. The first-order valence-electron chi connectivity index (χ1n) is 13.7. The average molecular weight is 442 g/mol. The van der Waals surface area contributed by atoms with E-state index in [2.05, 4.69) is 41.5 Å². The third kappa shape index (κ3) is 3.48. The molecule has 0 unspecified atom stereocenters. The molecule has 4 rings (SSSR count). The highest BCUT2D eigenvalue weighted by Crippen LogP contribution is 2.72. The van der Waals surface area contributed by atoms with Gasteiger partial charge in [-0.2, -0.15) is 0 Å². The van der Waals surface area contributed by atoms with Crippen LogP contribution >= 0.6 is 0 Å². The zero-order valence-corrected chi connectivity index (χ0v) is 22.5. The number of hydrogen-bond acceptors (Lipinski definition) is 2. The maximum Gasteiger partial charge on any atom is 0.0591 e. The molecule has 0 aliphatic heterocycles. The van der Waals surface area contributed by atoms with Gasteiger partial charge in [-0.25, -0.2) is 0 Å². The second-order valence-electron chi connectivity index (χ2n) is 14.2. The van der Waals surface area contributed by atoms with Crippen LogP contribution in [0, 0.1) is 44.8 Å². The molecular weight excluding hydrogens is 390 g/mol. The van der Waals surface area contributed by atoms with Crippen molar-refractivity contribution in [3.8, 4) is 0 Å². The lowest BCUT2D eigenvalue weighted by Crippen LogP contribution is -2.53. The number of fused-ring (bicyclic) bond motifs is 4. The van der Waals surface area contributed by atoms with Gasteiger partial charge in [-0.05, 0) is 106 Å². The van der Waals surface area contributed by atoms with E-state index in [-0.39, 0.29) is 5.41 Å². The molecule has 2 heteroatoms. The van der Waals surface area contributed by atoms with Gasteiger partial charge in [-0.1, -0.05) is 65.5 Å². The summed E-state index contributed by atoms with van der Waals surface area (Å²) in [6, 6.07) is 0. The summed E-state index contributed by atoms with van der Waals surface area (Å²) in [5.41, 5.74) is 5.31. The van der Waals surface area contributed by atoms with Crippen molar-refractivity contribution in [3.63, 3.8) is 0 Å². The van der Waals surface area contributed by atoms with E-state index in [0.717, 1.165) is 36.8 Å². The minimum atomic E-state index is -0.531. The van der Waals surface area contributed by atoms with Crippen molar-refractivity contribution in [3.05, 3.63) is 11.1 Å². The van der Waals surface area contributed by atoms with E-state index < -0.39 is 5.60 Å². The molecule has 0 amide bonds. The zero-order chi connectivity index (χ0) is 23.7. The highest BCUT2D eigenvalue weighted by Gasteiger charge is 2.62. The Morgan fingerprint density at radius 2 is 1.66 bits per heavy atom.